The number of aromatic nitrogens is 3. The van der Waals surface area contributed by atoms with Crippen molar-refractivity contribution in [1.29, 1.82) is 0 Å². The Morgan fingerprint density at radius 3 is 2.80 bits per heavy atom. The second-order valence-electron chi connectivity index (χ2n) is 7.70. The molecule has 2 atom stereocenters. The number of aryl methyl sites for hydroxylation is 1. The zero-order chi connectivity index (χ0) is 17.6. The molecule has 25 heavy (non-hydrogen) atoms. The molecule has 0 amide bonds. The van der Waals surface area contributed by atoms with Crippen LogP contribution < -0.4 is 4.90 Å². The first-order valence-corrected chi connectivity index (χ1v) is 9.63. The van der Waals surface area contributed by atoms with Gasteiger partial charge >= 0.3 is 0 Å². The summed E-state index contributed by atoms with van der Waals surface area (Å²) in [6.07, 6.45) is 1.77. The second kappa shape index (κ2) is 6.34. The quantitative estimate of drug-likeness (QED) is 0.869. The Kier molecular flexibility index (Phi) is 4.29. The van der Waals surface area contributed by atoms with E-state index in [0.29, 0.717) is 11.8 Å². The number of oxazole rings is 1. The fourth-order valence-electron chi connectivity index (χ4n) is 4.08. The average Bonchev–Trinajstić information content (AvgIpc) is 3.29. The Morgan fingerprint density at radius 2 is 2.20 bits per heavy atom. The largest absolute Gasteiger partial charge is 0.448 e. The van der Waals surface area contributed by atoms with Crippen molar-refractivity contribution in [1.82, 2.24) is 20.1 Å². The van der Waals surface area contributed by atoms with Gasteiger partial charge in [-0.3, -0.25) is 4.90 Å². The highest BCUT2D eigenvalue weighted by Crippen LogP contribution is 2.44. The van der Waals surface area contributed by atoms with E-state index in [1.54, 1.807) is 17.6 Å². The lowest BCUT2D eigenvalue weighted by atomic mass is 9.82. The Bertz CT molecular complexity index is 745. The van der Waals surface area contributed by atoms with Gasteiger partial charge in [0.05, 0.1) is 12.3 Å². The summed E-state index contributed by atoms with van der Waals surface area (Å²) in [6, 6.07) is 0. The first kappa shape index (κ1) is 16.9. The standard InChI is InChI=1S/C17H25N5O2S/c1-11(2)15-18-14(7-24-15)6-21-4-13-5-22(9-17(13,8-21)10-23)16-20-19-12(3)25-16/h7,11,13,23H,4-6,8-10H2,1-3H3. The fourth-order valence-corrected chi connectivity index (χ4v) is 4.78. The van der Waals surface area contributed by atoms with Crippen LogP contribution >= 0.6 is 11.3 Å². The molecule has 1 N–H and O–H groups in total. The zero-order valence-corrected chi connectivity index (χ0v) is 15.8. The van der Waals surface area contributed by atoms with Gasteiger partial charge in [0.2, 0.25) is 5.13 Å². The molecule has 2 saturated heterocycles. The topological polar surface area (TPSA) is 78.5 Å². The molecule has 2 aromatic rings. The molecule has 2 aromatic heterocycles. The van der Waals surface area contributed by atoms with E-state index in [4.69, 9.17) is 4.42 Å². The molecule has 2 fully saturated rings. The van der Waals surface area contributed by atoms with Crippen molar-refractivity contribution in [2.24, 2.45) is 11.3 Å². The van der Waals surface area contributed by atoms with Crippen LogP contribution in [0, 0.1) is 18.3 Å². The monoisotopic (exact) mass is 363 g/mol. The Balaban J connectivity index is 1.44. The third-order valence-corrected chi connectivity index (χ3v) is 6.28. The van der Waals surface area contributed by atoms with Crippen LogP contribution in [0.4, 0.5) is 5.13 Å². The van der Waals surface area contributed by atoms with E-state index in [1.807, 2.05) is 6.92 Å². The van der Waals surface area contributed by atoms with Crippen molar-refractivity contribution in [3.63, 3.8) is 0 Å². The molecule has 0 aliphatic carbocycles. The third-order valence-electron chi connectivity index (χ3n) is 5.38. The number of likely N-dealkylation sites (tertiary alicyclic amines) is 1. The van der Waals surface area contributed by atoms with E-state index in [1.165, 1.54) is 0 Å². The van der Waals surface area contributed by atoms with Crippen LogP contribution in [0.2, 0.25) is 0 Å². The lowest BCUT2D eigenvalue weighted by molar-refractivity contribution is 0.125. The van der Waals surface area contributed by atoms with Crippen LogP contribution in [0.1, 0.15) is 36.4 Å². The summed E-state index contributed by atoms with van der Waals surface area (Å²) < 4.78 is 5.55. The molecule has 2 unspecified atom stereocenters. The van der Waals surface area contributed by atoms with Gasteiger partial charge in [-0.2, -0.15) is 0 Å². The Hall–Kier alpha value is -1.51. The van der Waals surface area contributed by atoms with Crippen LogP contribution in [0.3, 0.4) is 0 Å². The van der Waals surface area contributed by atoms with Gasteiger partial charge in [-0.1, -0.05) is 25.2 Å². The number of rotatable bonds is 5. The van der Waals surface area contributed by atoms with Crippen molar-refractivity contribution in [2.75, 3.05) is 37.7 Å². The van der Waals surface area contributed by atoms with Crippen molar-refractivity contribution < 1.29 is 9.52 Å². The van der Waals surface area contributed by atoms with Gasteiger partial charge < -0.3 is 14.4 Å². The van der Waals surface area contributed by atoms with Crippen molar-refractivity contribution in [3.05, 3.63) is 22.9 Å². The minimum Gasteiger partial charge on any atom is -0.448 e. The highest BCUT2D eigenvalue weighted by molar-refractivity contribution is 7.15. The van der Waals surface area contributed by atoms with Crippen molar-refractivity contribution in [3.8, 4) is 0 Å². The van der Waals surface area contributed by atoms with Gasteiger partial charge in [0.1, 0.15) is 11.3 Å². The van der Waals surface area contributed by atoms with Crippen LogP contribution in [0.5, 0.6) is 0 Å². The number of nitrogens with zero attached hydrogens (tertiary/aromatic N) is 5. The van der Waals surface area contributed by atoms with Gasteiger partial charge in [0.25, 0.3) is 0 Å². The normalized spacial score (nSPS) is 26.8. The molecule has 2 aliphatic heterocycles. The zero-order valence-electron chi connectivity index (χ0n) is 15.0. The van der Waals surface area contributed by atoms with E-state index >= 15 is 0 Å². The Labute approximate surface area is 151 Å². The van der Waals surface area contributed by atoms with E-state index in [9.17, 15) is 5.11 Å². The maximum atomic E-state index is 10.1. The van der Waals surface area contributed by atoms with Gasteiger partial charge in [0.15, 0.2) is 5.89 Å². The van der Waals surface area contributed by atoms with E-state index in [-0.39, 0.29) is 12.0 Å². The van der Waals surface area contributed by atoms with Gasteiger partial charge in [-0.15, -0.1) is 10.2 Å². The smallest absolute Gasteiger partial charge is 0.208 e. The minimum atomic E-state index is -0.0792. The summed E-state index contributed by atoms with van der Waals surface area (Å²) >= 11 is 1.63. The summed E-state index contributed by atoms with van der Waals surface area (Å²) in [6.45, 7) is 10.8. The molecular formula is C17H25N5O2S. The SMILES string of the molecule is Cc1nnc(N2CC3CN(Cc4coc(C(C)C)n4)CC3(CO)C2)s1. The highest BCUT2D eigenvalue weighted by atomic mass is 32.1. The number of aliphatic hydroxyl groups is 1. The predicted molar refractivity (Wildman–Crippen MR) is 95.7 cm³/mol. The van der Waals surface area contributed by atoms with E-state index < -0.39 is 0 Å². The van der Waals surface area contributed by atoms with Gasteiger partial charge in [-0.05, 0) is 12.8 Å². The maximum absolute atomic E-state index is 10.1. The highest BCUT2D eigenvalue weighted by Gasteiger charge is 2.52. The molecule has 7 nitrogen and oxygen atoms in total. The lowest BCUT2D eigenvalue weighted by Crippen LogP contribution is -2.37. The van der Waals surface area contributed by atoms with Crippen LogP contribution in [-0.2, 0) is 6.54 Å². The molecule has 0 saturated carbocycles. The van der Waals surface area contributed by atoms with Crippen molar-refractivity contribution in [2.45, 2.75) is 33.2 Å². The summed E-state index contributed by atoms with van der Waals surface area (Å²) in [7, 11) is 0. The first-order valence-electron chi connectivity index (χ1n) is 8.81. The summed E-state index contributed by atoms with van der Waals surface area (Å²) in [4.78, 5) is 9.27. The molecule has 0 aromatic carbocycles. The van der Waals surface area contributed by atoms with Crippen LogP contribution in [0.25, 0.3) is 0 Å². The van der Waals surface area contributed by atoms with E-state index in [2.05, 4.69) is 38.8 Å². The number of hydrogen-bond donors (Lipinski definition) is 1. The minimum absolute atomic E-state index is 0.0792. The second-order valence-corrected chi connectivity index (χ2v) is 8.86. The van der Waals surface area contributed by atoms with Crippen molar-refractivity contribution >= 4 is 16.5 Å². The summed E-state index contributed by atoms with van der Waals surface area (Å²) in [5.41, 5.74) is 0.901. The van der Waals surface area contributed by atoms with Crippen LogP contribution in [0.15, 0.2) is 10.7 Å². The fraction of sp³-hybridized carbons (Fsp3) is 0.706. The summed E-state index contributed by atoms with van der Waals surface area (Å²) in [5.74, 6) is 1.54. The lowest BCUT2D eigenvalue weighted by Gasteiger charge is -2.26. The molecule has 2 aliphatic rings. The third kappa shape index (κ3) is 3.07. The molecule has 0 spiro atoms. The number of anilines is 1. The van der Waals surface area contributed by atoms with Gasteiger partial charge in [-0.25, -0.2) is 4.98 Å². The number of fused-ring (bicyclic) bond motifs is 1. The first-order chi connectivity index (χ1) is 12.0. The Morgan fingerprint density at radius 1 is 1.36 bits per heavy atom. The van der Waals surface area contributed by atoms with Gasteiger partial charge in [0, 0.05) is 44.1 Å². The molecule has 136 valence electrons. The molecule has 4 heterocycles. The summed E-state index contributed by atoms with van der Waals surface area (Å²) in [5, 5.41) is 20.5. The molecule has 4 rings (SSSR count). The molecular weight excluding hydrogens is 338 g/mol. The molecule has 0 bridgehead atoms. The molecule has 8 heteroatoms. The van der Waals surface area contributed by atoms with E-state index in [0.717, 1.165) is 54.4 Å². The van der Waals surface area contributed by atoms with Crippen LogP contribution in [-0.4, -0.2) is 58.0 Å². The maximum Gasteiger partial charge on any atom is 0.208 e. The molecule has 0 radical (unpaired) electrons. The number of hydrogen-bond acceptors (Lipinski definition) is 8. The number of aliphatic hydroxyl groups excluding tert-OH is 1. The predicted octanol–water partition coefficient (Wildman–Crippen LogP) is 1.89. The average molecular weight is 363 g/mol.